The van der Waals surface area contributed by atoms with Gasteiger partial charge in [0.25, 0.3) is 0 Å². The molecule has 8 heteroatoms. The second-order valence-corrected chi connectivity index (χ2v) is 13.2. The number of ether oxygens (including phenoxy) is 2. The Morgan fingerprint density at radius 1 is 1.07 bits per heavy atom. The molecule has 43 heavy (non-hydrogen) atoms. The summed E-state index contributed by atoms with van der Waals surface area (Å²) in [6.45, 7) is 14.3. The second kappa shape index (κ2) is 12.0. The zero-order valence-electron chi connectivity index (χ0n) is 26.0. The maximum Gasteiger partial charge on any atom is 0.337 e. The molecule has 0 spiro atoms. The number of hydrogen-bond donors (Lipinski definition) is 1. The Balaban J connectivity index is 1.58. The standard InChI is InChI=1S/C35H42FN3O4/c1-23-29(32(33(40)41)43-34(2,3)4)31(38-18-16-35(5,6)17-19-38)30(28-21-37-22-39(23)28)25-9-13-27(14-10-25)42-20-15-24-7-11-26(36)12-8-24/h7-14,21-22,32H,15-20H2,1-6H3,(H,40,41)/t32-/m0/s1. The molecular formula is C35H42FN3O4. The van der Waals surface area contributed by atoms with Gasteiger partial charge in [-0.25, -0.2) is 14.2 Å². The van der Waals surface area contributed by atoms with E-state index in [1.807, 2.05) is 62.6 Å². The minimum Gasteiger partial charge on any atom is -0.493 e. The molecule has 4 aromatic rings. The molecule has 1 saturated heterocycles. The van der Waals surface area contributed by atoms with E-state index in [0.717, 1.165) is 65.3 Å². The van der Waals surface area contributed by atoms with Gasteiger partial charge in [0.2, 0.25) is 0 Å². The van der Waals surface area contributed by atoms with Crippen LogP contribution >= 0.6 is 0 Å². The Morgan fingerprint density at radius 3 is 2.33 bits per heavy atom. The van der Waals surface area contributed by atoms with E-state index in [4.69, 9.17) is 9.47 Å². The molecule has 0 bridgehead atoms. The Bertz CT molecular complexity index is 1580. The largest absolute Gasteiger partial charge is 0.493 e. The molecule has 5 rings (SSSR count). The summed E-state index contributed by atoms with van der Waals surface area (Å²) in [5.74, 6) is -0.547. The van der Waals surface area contributed by atoms with Crippen LogP contribution in [-0.4, -0.2) is 45.8 Å². The van der Waals surface area contributed by atoms with E-state index in [2.05, 4.69) is 23.7 Å². The summed E-state index contributed by atoms with van der Waals surface area (Å²) >= 11 is 0. The molecule has 2 aromatic heterocycles. The third kappa shape index (κ3) is 6.85. The number of piperidine rings is 1. The number of nitrogens with zero attached hydrogens (tertiary/aromatic N) is 3. The number of fused-ring (bicyclic) bond motifs is 1. The molecular weight excluding hydrogens is 545 g/mol. The van der Waals surface area contributed by atoms with E-state index in [9.17, 15) is 14.3 Å². The molecule has 2 aromatic carbocycles. The van der Waals surface area contributed by atoms with E-state index in [0.29, 0.717) is 18.6 Å². The summed E-state index contributed by atoms with van der Waals surface area (Å²) in [6.07, 6.45) is 5.08. The van der Waals surface area contributed by atoms with Crippen LogP contribution in [0, 0.1) is 18.2 Å². The quantitative estimate of drug-likeness (QED) is 0.217. The van der Waals surface area contributed by atoms with Gasteiger partial charge in [-0.15, -0.1) is 0 Å². The minimum atomic E-state index is -1.16. The summed E-state index contributed by atoms with van der Waals surface area (Å²) in [7, 11) is 0. The molecule has 1 N–H and O–H groups in total. The van der Waals surface area contributed by atoms with Gasteiger partial charge >= 0.3 is 5.97 Å². The van der Waals surface area contributed by atoms with Crippen molar-refractivity contribution in [1.82, 2.24) is 9.38 Å². The molecule has 0 saturated carbocycles. The lowest BCUT2D eigenvalue weighted by Crippen LogP contribution is -2.39. The van der Waals surface area contributed by atoms with Gasteiger partial charge in [-0.2, -0.15) is 0 Å². The lowest BCUT2D eigenvalue weighted by Gasteiger charge is -2.41. The van der Waals surface area contributed by atoms with Crippen molar-refractivity contribution in [2.45, 2.75) is 72.5 Å². The van der Waals surface area contributed by atoms with Gasteiger partial charge in [0.05, 0.1) is 35.9 Å². The van der Waals surface area contributed by atoms with Crippen molar-refractivity contribution in [3.05, 3.63) is 83.7 Å². The van der Waals surface area contributed by atoms with E-state index >= 15 is 0 Å². The summed E-state index contributed by atoms with van der Waals surface area (Å²) in [5.41, 5.74) is 5.68. The number of rotatable bonds is 9. The minimum absolute atomic E-state index is 0.216. The van der Waals surface area contributed by atoms with E-state index < -0.39 is 17.7 Å². The number of pyridine rings is 1. The summed E-state index contributed by atoms with van der Waals surface area (Å²) in [5, 5.41) is 10.5. The number of carbonyl (C=O) groups is 1. The Labute approximate surface area is 253 Å². The monoisotopic (exact) mass is 587 g/mol. The lowest BCUT2D eigenvalue weighted by molar-refractivity contribution is -0.160. The Morgan fingerprint density at radius 2 is 1.72 bits per heavy atom. The van der Waals surface area contributed by atoms with Crippen molar-refractivity contribution in [1.29, 1.82) is 0 Å². The molecule has 1 aliphatic heterocycles. The van der Waals surface area contributed by atoms with Crippen LogP contribution < -0.4 is 9.64 Å². The van der Waals surface area contributed by atoms with Crippen molar-refractivity contribution in [2.75, 3.05) is 24.6 Å². The number of aliphatic carboxylic acids is 1. The number of halogens is 1. The molecule has 0 radical (unpaired) electrons. The summed E-state index contributed by atoms with van der Waals surface area (Å²) < 4.78 is 27.5. The topological polar surface area (TPSA) is 76.3 Å². The van der Waals surface area contributed by atoms with Crippen LogP contribution in [-0.2, 0) is 16.0 Å². The molecule has 1 atom stereocenters. The fourth-order valence-electron chi connectivity index (χ4n) is 5.81. The zero-order valence-corrected chi connectivity index (χ0v) is 26.0. The number of imidazole rings is 1. The van der Waals surface area contributed by atoms with Crippen molar-refractivity contribution >= 4 is 17.2 Å². The normalized spacial score (nSPS) is 15.9. The second-order valence-electron chi connectivity index (χ2n) is 13.2. The van der Waals surface area contributed by atoms with Crippen LogP contribution in [0.2, 0.25) is 0 Å². The first-order valence-electron chi connectivity index (χ1n) is 14.9. The number of aryl methyl sites for hydroxylation is 1. The highest BCUT2D eigenvalue weighted by atomic mass is 19.1. The number of anilines is 1. The molecule has 3 heterocycles. The molecule has 228 valence electrons. The van der Waals surface area contributed by atoms with E-state index in [1.54, 1.807) is 18.5 Å². The van der Waals surface area contributed by atoms with Crippen molar-refractivity contribution < 1.29 is 23.8 Å². The Kier molecular flexibility index (Phi) is 8.52. The average Bonchev–Trinajstić information content (AvgIpc) is 3.43. The van der Waals surface area contributed by atoms with Crippen molar-refractivity contribution in [3.63, 3.8) is 0 Å². The summed E-state index contributed by atoms with van der Waals surface area (Å²) in [6, 6.07) is 14.4. The van der Waals surface area contributed by atoms with Gasteiger partial charge in [-0.1, -0.05) is 38.1 Å². The van der Waals surface area contributed by atoms with E-state index in [-0.39, 0.29) is 11.2 Å². The maximum atomic E-state index is 13.2. The third-order valence-corrected chi connectivity index (χ3v) is 8.24. The van der Waals surface area contributed by atoms with Gasteiger partial charge in [0.15, 0.2) is 6.10 Å². The Hall–Kier alpha value is -3.91. The number of hydrogen-bond acceptors (Lipinski definition) is 5. The van der Waals surface area contributed by atoms with Crippen LogP contribution in [0.3, 0.4) is 0 Å². The third-order valence-electron chi connectivity index (χ3n) is 8.24. The lowest BCUT2D eigenvalue weighted by atomic mass is 9.82. The first-order chi connectivity index (χ1) is 20.3. The van der Waals surface area contributed by atoms with Crippen LogP contribution in [0.15, 0.2) is 61.1 Å². The van der Waals surface area contributed by atoms with Gasteiger partial charge in [-0.05, 0) is 81.3 Å². The highest BCUT2D eigenvalue weighted by Crippen LogP contribution is 2.46. The van der Waals surface area contributed by atoms with Crippen molar-refractivity contribution in [2.24, 2.45) is 5.41 Å². The number of carboxylic acids is 1. The predicted octanol–water partition coefficient (Wildman–Crippen LogP) is 7.64. The highest BCUT2D eigenvalue weighted by Gasteiger charge is 2.37. The molecule has 1 fully saturated rings. The van der Waals surface area contributed by atoms with Crippen LogP contribution in [0.4, 0.5) is 10.1 Å². The number of aromatic nitrogens is 2. The van der Waals surface area contributed by atoms with Gasteiger partial charge in [-0.3, -0.25) is 0 Å². The van der Waals surface area contributed by atoms with Gasteiger partial charge in [0, 0.05) is 36.3 Å². The molecule has 7 nitrogen and oxygen atoms in total. The first kappa shape index (κ1) is 30.5. The number of carboxylic acid groups (broad SMARTS) is 1. The fourth-order valence-corrected chi connectivity index (χ4v) is 5.81. The molecule has 0 aliphatic carbocycles. The molecule has 0 amide bonds. The van der Waals surface area contributed by atoms with Gasteiger partial charge < -0.3 is 23.9 Å². The molecule has 1 aliphatic rings. The van der Waals surface area contributed by atoms with Crippen LogP contribution in [0.1, 0.15) is 70.4 Å². The SMILES string of the molecule is Cc1c([C@H](OC(C)(C)C)C(=O)O)c(N2CCC(C)(C)CC2)c(-c2ccc(OCCc3ccc(F)cc3)cc2)c2cncn12. The fraction of sp³-hybridized carbons (Fsp3) is 0.429. The summed E-state index contributed by atoms with van der Waals surface area (Å²) in [4.78, 5) is 19.7. The van der Waals surface area contributed by atoms with Crippen LogP contribution in [0.25, 0.3) is 16.6 Å². The molecule has 0 unspecified atom stereocenters. The smallest absolute Gasteiger partial charge is 0.337 e. The van der Waals surface area contributed by atoms with Crippen LogP contribution in [0.5, 0.6) is 5.75 Å². The number of benzene rings is 2. The zero-order chi connectivity index (χ0) is 30.9. The van der Waals surface area contributed by atoms with Crippen molar-refractivity contribution in [3.8, 4) is 16.9 Å². The van der Waals surface area contributed by atoms with E-state index in [1.165, 1.54) is 12.1 Å². The first-order valence-corrected chi connectivity index (χ1v) is 14.9. The van der Waals surface area contributed by atoms with Gasteiger partial charge in [0.1, 0.15) is 11.6 Å². The maximum absolute atomic E-state index is 13.2. The predicted molar refractivity (Wildman–Crippen MR) is 167 cm³/mol. The average molecular weight is 588 g/mol. The highest BCUT2D eigenvalue weighted by molar-refractivity contribution is 5.95.